The van der Waals surface area contributed by atoms with Crippen molar-refractivity contribution in [3.05, 3.63) is 29.8 Å². The van der Waals surface area contributed by atoms with Crippen molar-refractivity contribution < 1.29 is 22.7 Å². The highest BCUT2D eigenvalue weighted by molar-refractivity contribution is 8.01. The van der Waals surface area contributed by atoms with Gasteiger partial charge in [-0.25, -0.2) is 17.9 Å². The summed E-state index contributed by atoms with van der Waals surface area (Å²) >= 11 is 1.48. The van der Waals surface area contributed by atoms with Crippen LogP contribution in [0.25, 0.3) is 0 Å². The second kappa shape index (κ2) is 7.47. The molecule has 0 atom stereocenters. The van der Waals surface area contributed by atoms with E-state index in [1.54, 1.807) is 6.07 Å². The number of urea groups is 1. The van der Waals surface area contributed by atoms with E-state index in [2.05, 4.69) is 15.3 Å². The number of hydrogen-bond donors (Lipinski definition) is 2. The molecule has 1 aromatic carbocycles. The predicted molar refractivity (Wildman–Crippen MR) is 105 cm³/mol. The molecule has 0 aliphatic carbocycles. The number of nitrogens with zero attached hydrogens (tertiary/aromatic N) is 2. The number of sulfonamides is 1. The number of carbonyl (C=O) groups is 1. The number of hydrogen-bond acceptors (Lipinski definition) is 8. The Kier molecular flexibility index (Phi) is 5.39. The van der Waals surface area contributed by atoms with Crippen molar-refractivity contribution >= 4 is 33.8 Å². The summed E-state index contributed by atoms with van der Waals surface area (Å²) in [7, 11) is -1.30. The van der Waals surface area contributed by atoms with Gasteiger partial charge in [-0.1, -0.05) is 26.0 Å². The van der Waals surface area contributed by atoms with Crippen LogP contribution in [0.1, 0.15) is 19.4 Å². The van der Waals surface area contributed by atoms with Gasteiger partial charge < -0.3 is 9.47 Å². The Morgan fingerprint density at radius 1 is 1.18 bits per heavy atom. The molecule has 9 nitrogen and oxygen atoms in total. The number of rotatable bonds is 5. The van der Waals surface area contributed by atoms with E-state index >= 15 is 0 Å². The van der Waals surface area contributed by atoms with Crippen LogP contribution >= 0.6 is 11.8 Å². The fraction of sp³-hybridized carbons (Fsp3) is 0.353. The van der Waals surface area contributed by atoms with E-state index in [1.807, 2.05) is 24.6 Å². The Hall–Kier alpha value is -2.53. The van der Waals surface area contributed by atoms with Gasteiger partial charge in [0.25, 0.3) is 10.0 Å². The Bertz CT molecular complexity index is 1000. The second-order valence-corrected chi connectivity index (χ2v) is 9.99. The zero-order valence-corrected chi connectivity index (χ0v) is 17.4. The molecule has 11 heteroatoms. The highest BCUT2D eigenvalue weighted by Gasteiger charge is 2.34. The van der Waals surface area contributed by atoms with E-state index in [1.165, 1.54) is 38.1 Å². The molecule has 0 saturated carbocycles. The van der Waals surface area contributed by atoms with Crippen molar-refractivity contribution in [1.82, 2.24) is 14.7 Å². The van der Waals surface area contributed by atoms with E-state index in [0.29, 0.717) is 4.90 Å². The number of benzene rings is 1. The number of fused-ring (bicyclic) bond motifs is 1. The fourth-order valence-electron chi connectivity index (χ4n) is 2.77. The molecule has 1 aliphatic heterocycles. The maximum absolute atomic E-state index is 12.8. The molecular formula is C17H20N4O5S2. The van der Waals surface area contributed by atoms with E-state index < -0.39 is 16.1 Å². The molecule has 1 aromatic heterocycles. The van der Waals surface area contributed by atoms with Crippen LogP contribution in [0.15, 0.2) is 34.1 Å². The van der Waals surface area contributed by atoms with Gasteiger partial charge in [0, 0.05) is 9.64 Å². The lowest BCUT2D eigenvalue weighted by Crippen LogP contribution is -2.35. The van der Waals surface area contributed by atoms with Crippen LogP contribution in [-0.4, -0.2) is 43.4 Å². The fourth-order valence-corrected chi connectivity index (χ4v) is 5.48. The quantitative estimate of drug-likeness (QED) is 0.751. The minimum atomic E-state index is -4.09. The van der Waals surface area contributed by atoms with E-state index in [9.17, 15) is 13.2 Å². The average molecular weight is 425 g/mol. The molecule has 0 unspecified atom stereocenters. The number of amides is 2. The molecule has 0 saturated heterocycles. The Labute approximate surface area is 167 Å². The van der Waals surface area contributed by atoms with Gasteiger partial charge in [-0.05, 0) is 18.1 Å². The summed E-state index contributed by atoms with van der Waals surface area (Å²) in [4.78, 5) is 20.9. The molecule has 0 spiro atoms. The summed E-state index contributed by atoms with van der Waals surface area (Å²) in [5, 5.41) is 2.28. The van der Waals surface area contributed by atoms with Crippen LogP contribution in [-0.2, 0) is 16.4 Å². The van der Waals surface area contributed by atoms with Crippen LogP contribution in [0.5, 0.6) is 11.8 Å². The number of aromatic nitrogens is 2. The first-order valence-corrected chi connectivity index (χ1v) is 10.6. The molecule has 1 aliphatic rings. The SMILES string of the molecule is COc1cc(OC)nc(NC(=O)NS(=O)(=O)c2cccc3c2SC(C)(C)C3)n1. The molecule has 2 heterocycles. The standard InChI is InChI=1S/C17H20N4O5S2/c1-17(2)9-10-6-5-7-11(14(10)27-17)28(23,24)21-16(22)20-15-18-12(25-3)8-13(19-15)26-4/h5-8H,9H2,1-4H3,(H2,18,19,20,21,22). The lowest BCUT2D eigenvalue weighted by Gasteiger charge is -2.15. The second-order valence-electron chi connectivity index (χ2n) is 6.62. The average Bonchev–Trinajstić information content (AvgIpc) is 2.94. The Balaban J connectivity index is 1.81. The van der Waals surface area contributed by atoms with Crippen molar-refractivity contribution in [2.45, 2.75) is 34.8 Å². The molecule has 150 valence electrons. The number of anilines is 1. The van der Waals surface area contributed by atoms with Gasteiger partial charge in [0.05, 0.1) is 20.3 Å². The Morgan fingerprint density at radius 2 is 1.82 bits per heavy atom. The number of methoxy groups -OCH3 is 2. The first-order chi connectivity index (χ1) is 13.1. The summed E-state index contributed by atoms with van der Waals surface area (Å²) in [6.45, 7) is 4.09. The molecule has 2 amide bonds. The number of thioether (sulfide) groups is 1. The zero-order chi connectivity index (χ0) is 20.5. The van der Waals surface area contributed by atoms with E-state index in [0.717, 1.165) is 12.0 Å². The summed E-state index contributed by atoms with van der Waals surface area (Å²) < 4.78 is 37.4. The topological polar surface area (TPSA) is 120 Å². The number of ether oxygens (including phenoxy) is 2. The first-order valence-electron chi connectivity index (χ1n) is 8.25. The van der Waals surface area contributed by atoms with Gasteiger partial charge in [-0.2, -0.15) is 9.97 Å². The summed E-state index contributed by atoms with van der Waals surface area (Å²) in [6, 6.07) is 5.48. The van der Waals surface area contributed by atoms with Gasteiger partial charge in [0.15, 0.2) is 0 Å². The van der Waals surface area contributed by atoms with Crippen LogP contribution in [0.4, 0.5) is 10.7 Å². The van der Waals surface area contributed by atoms with Crippen molar-refractivity contribution in [3.63, 3.8) is 0 Å². The van der Waals surface area contributed by atoms with Crippen LogP contribution in [0, 0.1) is 0 Å². The molecule has 0 bridgehead atoms. The summed E-state index contributed by atoms with van der Waals surface area (Å²) in [6.07, 6.45) is 0.750. The largest absolute Gasteiger partial charge is 0.481 e. The minimum absolute atomic E-state index is 0.0693. The first kappa shape index (κ1) is 20.2. The van der Waals surface area contributed by atoms with Gasteiger partial charge in [0.2, 0.25) is 17.7 Å². The highest BCUT2D eigenvalue weighted by atomic mass is 32.2. The minimum Gasteiger partial charge on any atom is -0.481 e. The molecule has 28 heavy (non-hydrogen) atoms. The maximum Gasteiger partial charge on any atom is 0.335 e. The molecule has 0 radical (unpaired) electrons. The van der Waals surface area contributed by atoms with Crippen LogP contribution in [0.3, 0.4) is 0 Å². The lowest BCUT2D eigenvalue weighted by molar-refractivity contribution is 0.256. The maximum atomic E-state index is 12.8. The normalized spacial score (nSPS) is 14.9. The highest BCUT2D eigenvalue weighted by Crippen LogP contribution is 2.47. The third-order valence-corrected chi connectivity index (χ3v) is 6.78. The van der Waals surface area contributed by atoms with Gasteiger partial charge in [-0.3, -0.25) is 5.32 Å². The molecule has 2 aromatic rings. The monoisotopic (exact) mass is 424 g/mol. The number of carbonyl (C=O) groups excluding carboxylic acids is 1. The lowest BCUT2D eigenvalue weighted by atomic mass is 10.0. The molecule has 0 fully saturated rings. The van der Waals surface area contributed by atoms with Crippen molar-refractivity contribution in [1.29, 1.82) is 0 Å². The molecular weight excluding hydrogens is 404 g/mol. The smallest absolute Gasteiger partial charge is 0.335 e. The van der Waals surface area contributed by atoms with Gasteiger partial charge >= 0.3 is 6.03 Å². The zero-order valence-electron chi connectivity index (χ0n) is 15.8. The third kappa shape index (κ3) is 4.30. The van der Waals surface area contributed by atoms with Gasteiger partial charge in [-0.15, -0.1) is 11.8 Å². The molecule has 2 N–H and O–H groups in total. The van der Waals surface area contributed by atoms with E-state index in [-0.39, 0.29) is 27.4 Å². The summed E-state index contributed by atoms with van der Waals surface area (Å²) in [5.74, 6) is 0.159. The number of nitrogens with one attached hydrogen (secondary N) is 2. The van der Waals surface area contributed by atoms with Gasteiger partial charge in [0.1, 0.15) is 4.90 Å². The molecule has 3 rings (SSSR count). The van der Waals surface area contributed by atoms with Crippen molar-refractivity contribution in [2.24, 2.45) is 0 Å². The van der Waals surface area contributed by atoms with E-state index in [4.69, 9.17) is 9.47 Å². The van der Waals surface area contributed by atoms with Crippen LogP contribution in [0.2, 0.25) is 0 Å². The van der Waals surface area contributed by atoms with Crippen LogP contribution < -0.4 is 19.5 Å². The Morgan fingerprint density at radius 3 is 2.43 bits per heavy atom. The summed E-state index contributed by atoms with van der Waals surface area (Å²) in [5.41, 5.74) is 0.944. The predicted octanol–water partition coefficient (Wildman–Crippen LogP) is 2.43. The van der Waals surface area contributed by atoms with Crippen molar-refractivity contribution in [2.75, 3.05) is 19.5 Å². The third-order valence-electron chi connectivity index (χ3n) is 3.89. The van der Waals surface area contributed by atoms with Crippen molar-refractivity contribution in [3.8, 4) is 11.8 Å².